The van der Waals surface area contributed by atoms with Gasteiger partial charge in [-0.1, -0.05) is 30.3 Å². The summed E-state index contributed by atoms with van der Waals surface area (Å²) in [6, 6.07) is 9.68. The minimum atomic E-state index is -1.05. The summed E-state index contributed by atoms with van der Waals surface area (Å²) in [6.45, 7) is 0.231. The molecule has 17 heavy (non-hydrogen) atoms. The third-order valence-electron chi connectivity index (χ3n) is 2.89. The molecule has 4 atom stereocenters. The van der Waals surface area contributed by atoms with Crippen LogP contribution in [0.2, 0.25) is 0 Å². The van der Waals surface area contributed by atoms with Crippen molar-refractivity contribution in [1.82, 2.24) is 5.32 Å². The molecule has 0 bridgehead atoms. The summed E-state index contributed by atoms with van der Waals surface area (Å²) in [7, 11) is 0. The Morgan fingerprint density at radius 2 is 1.82 bits per heavy atom. The highest BCUT2D eigenvalue weighted by Crippen LogP contribution is 2.19. The average Bonchev–Trinajstić information content (AvgIpc) is 2.65. The summed E-state index contributed by atoms with van der Waals surface area (Å²) >= 11 is 0. The maximum Gasteiger partial charge on any atom is 0.137 e. The summed E-state index contributed by atoms with van der Waals surface area (Å²) in [6.07, 6.45) is -3.44. The van der Waals surface area contributed by atoms with Gasteiger partial charge >= 0.3 is 0 Å². The number of aliphatic hydroxyl groups excluding tert-OH is 3. The minimum Gasteiger partial charge on any atom is -0.394 e. The zero-order chi connectivity index (χ0) is 12.3. The molecule has 2 rings (SSSR count). The number of aliphatic hydroxyl groups is 3. The highest BCUT2D eigenvalue weighted by Gasteiger charge is 2.41. The second kappa shape index (κ2) is 5.57. The molecule has 1 aliphatic rings. The first-order valence-electron chi connectivity index (χ1n) is 5.62. The fourth-order valence-corrected chi connectivity index (χ4v) is 1.88. The minimum absolute atomic E-state index is 0.304. The van der Waals surface area contributed by atoms with Crippen molar-refractivity contribution < 1.29 is 20.1 Å². The Bertz CT molecular complexity index is 346. The normalized spacial score (nSPS) is 32.9. The molecule has 94 valence electrons. The lowest BCUT2D eigenvalue weighted by Crippen LogP contribution is -2.40. The molecule has 0 aliphatic carbocycles. The maximum absolute atomic E-state index is 9.69. The van der Waals surface area contributed by atoms with Gasteiger partial charge in [0.2, 0.25) is 0 Å². The molecule has 4 N–H and O–H groups in total. The van der Waals surface area contributed by atoms with E-state index in [4.69, 9.17) is 9.84 Å². The SMILES string of the molecule is OC[C@H]1OC(NCc2ccccc2)[C@@H](O)[C@@H]1O. The van der Waals surface area contributed by atoms with Crippen LogP contribution in [0.3, 0.4) is 0 Å². The molecule has 0 saturated carbocycles. The molecule has 0 spiro atoms. The van der Waals surface area contributed by atoms with Crippen LogP contribution in [0.15, 0.2) is 30.3 Å². The summed E-state index contributed by atoms with van der Waals surface area (Å²) in [5, 5.41) is 31.2. The maximum atomic E-state index is 9.69. The molecule has 1 heterocycles. The van der Waals surface area contributed by atoms with Gasteiger partial charge in [0.25, 0.3) is 0 Å². The molecule has 1 saturated heterocycles. The summed E-state index contributed by atoms with van der Waals surface area (Å²) in [5.41, 5.74) is 1.06. The molecule has 1 aromatic carbocycles. The Morgan fingerprint density at radius 3 is 2.41 bits per heavy atom. The van der Waals surface area contributed by atoms with Crippen molar-refractivity contribution in [3.8, 4) is 0 Å². The topological polar surface area (TPSA) is 82.0 Å². The fourth-order valence-electron chi connectivity index (χ4n) is 1.88. The van der Waals surface area contributed by atoms with Crippen molar-refractivity contribution in [3.63, 3.8) is 0 Å². The first-order valence-corrected chi connectivity index (χ1v) is 5.62. The fraction of sp³-hybridized carbons (Fsp3) is 0.500. The Hall–Kier alpha value is -0.980. The summed E-state index contributed by atoms with van der Waals surface area (Å²) in [5.74, 6) is 0. The lowest BCUT2D eigenvalue weighted by molar-refractivity contribution is -0.0337. The zero-order valence-corrected chi connectivity index (χ0v) is 9.36. The molecule has 0 aromatic heterocycles. The average molecular weight is 239 g/mol. The Morgan fingerprint density at radius 1 is 1.12 bits per heavy atom. The zero-order valence-electron chi connectivity index (χ0n) is 9.36. The number of ether oxygens (including phenoxy) is 1. The van der Waals surface area contributed by atoms with E-state index in [1.54, 1.807) is 0 Å². The molecule has 0 radical (unpaired) electrons. The van der Waals surface area contributed by atoms with E-state index < -0.39 is 24.5 Å². The van der Waals surface area contributed by atoms with Gasteiger partial charge in [-0.3, -0.25) is 5.32 Å². The largest absolute Gasteiger partial charge is 0.394 e. The van der Waals surface area contributed by atoms with Crippen LogP contribution in [0.5, 0.6) is 0 Å². The van der Waals surface area contributed by atoms with E-state index in [0.717, 1.165) is 5.56 Å². The summed E-state index contributed by atoms with van der Waals surface area (Å²) < 4.78 is 5.30. The van der Waals surface area contributed by atoms with Gasteiger partial charge in [-0.2, -0.15) is 0 Å². The van der Waals surface area contributed by atoms with E-state index in [1.165, 1.54) is 0 Å². The van der Waals surface area contributed by atoms with Crippen LogP contribution in [0.25, 0.3) is 0 Å². The van der Waals surface area contributed by atoms with Crippen molar-refractivity contribution >= 4 is 0 Å². The lowest BCUT2D eigenvalue weighted by Gasteiger charge is -2.16. The third-order valence-corrected chi connectivity index (χ3v) is 2.89. The molecule has 5 heteroatoms. The van der Waals surface area contributed by atoms with Crippen molar-refractivity contribution in [2.75, 3.05) is 6.61 Å². The van der Waals surface area contributed by atoms with Crippen LogP contribution >= 0.6 is 0 Å². The van der Waals surface area contributed by atoms with Crippen LogP contribution in [-0.2, 0) is 11.3 Å². The highest BCUT2D eigenvalue weighted by molar-refractivity contribution is 5.14. The van der Waals surface area contributed by atoms with E-state index in [1.807, 2.05) is 30.3 Å². The van der Waals surface area contributed by atoms with Crippen LogP contribution < -0.4 is 5.32 Å². The lowest BCUT2D eigenvalue weighted by atomic mass is 10.1. The Balaban J connectivity index is 1.88. The van der Waals surface area contributed by atoms with Crippen LogP contribution in [0, 0.1) is 0 Å². The summed E-state index contributed by atoms with van der Waals surface area (Å²) in [4.78, 5) is 0. The molecular formula is C12H17NO4. The number of rotatable bonds is 4. The first-order chi connectivity index (χ1) is 8.22. The predicted molar refractivity (Wildman–Crippen MR) is 61.0 cm³/mol. The van der Waals surface area contributed by atoms with Crippen LogP contribution in [0.1, 0.15) is 5.56 Å². The van der Waals surface area contributed by atoms with E-state index in [2.05, 4.69) is 5.32 Å². The van der Waals surface area contributed by atoms with E-state index in [9.17, 15) is 10.2 Å². The van der Waals surface area contributed by atoms with Crippen molar-refractivity contribution in [3.05, 3.63) is 35.9 Å². The van der Waals surface area contributed by atoms with Gasteiger partial charge in [-0.15, -0.1) is 0 Å². The van der Waals surface area contributed by atoms with Crippen LogP contribution in [-0.4, -0.2) is 46.5 Å². The van der Waals surface area contributed by atoms with E-state index in [-0.39, 0.29) is 6.61 Å². The molecular weight excluding hydrogens is 222 g/mol. The van der Waals surface area contributed by atoms with Crippen molar-refractivity contribution in [1.29, 1.82) is 0 Å². The molecule has 0 amide bonds. The van der Waals surface area contributed by atoms with Gasteiger partial charge in [0.1, 0.15) is 24.5 Å². The number of hydrogen-bond acceptors (Lipinski definition) is 5. The molecule has 1 aliphatic heterocycles. The highest BCUT2D eigenvalue weighted by atomic mass is 16.6. The second-order valence-corrected chi connectivity index (χ2v) is 4.13. The standard InChI is InChI=1S/C12H17NO4/c14-7-9-10(15)11(16)12(17-9)13-6-8-4-2-1-3-5-8/h1-5,9-16H,6-7H2/t9-,10-,11+,12?/m1/s1. The van der Waals surface area contributed by atoms with Gasteiger partial charge in [0.15, 0.2) is 0 Å². The van der Waals surface area contributed by atoms with E-state index >= 15 is 0 Å². The quantitative estimate of drug-likeness (QED) is 0.554. The third kappa shape index (κ3) is 2.83. The van der Waals surface area contributed by atoms with Gasteiger partial charge in [-0.25, -0.2) is 0 Å². The van der Waals surface area contributed by atoms with Gasteiger partial charge < -0.3 is 20.1 Å². The molecule has 1 unspecified atom stereocenters. The molecule has 1 fully saturated rings. The number of benzene rings is 1. The monoisotopic (exact) mass is 239 g/mol. The molecule has 1 aromatic rings. The number of nitrogens with one attached hydrogen (secondary N) is 1. The van der Waals surface area contributed by atoms with Crippen molar-refractivity contribution in [2.45, 2.75) is 31.1 Å². The second-order valence-electron chi connectivity index (χ2n) is 4.13. The Kier molecular flexibility index (Phi) is 4.09. The Labute approximate surface area is 99.7 Å². The first kappa shape index (κ1) is 12.5. The predicted octanol–water partition coefficient (Wildman–Crippen LogP) is -0.785. The number of hydrogen-bond donors (Lipinski definition) is 4. The smallest absolute Gasteiger partial charge is 0.137 e. The van der Waals surface area contributed by atoms with Crippen LogP contribution in [0.4, 0.5) is 0 Å². The van der Waals surface area contributed by atoms with Crippen molar-refractivity contribution in [2.24, 2.45) is 0 Å². The van der Waals surface area contributed by atoms with E-state index in [0.29, 0.717) is 6.54 Å². The van der Waals surface area contributed by atoms with Gasteiger partial charge in [0, 0.05) is 6.54 Å². The van der Waals surface area contributed by atoms with Gasteiger partial charge in [0.05, 0.1) is 6.61 Å². The van der Waals surface area contributed by atoms with Gasteiger partial charge in [-0.05, 0) is 5.56 Å². The molecule has 5 nitrogen and oxygen atoms in total.